The standard InChI is InChI=1S/C21H20N2S/c1-13-18-11-14(22)6-8-16(18)21(20-5-4-10-24-20)17-9-7-15(23(2)3)12-19(13)17/h4-13,22H,1-3H3. The van der Waals surface area contributed by atoms with E-state index in [1.165, 1.54) is 38.4 Å². The maximum atomic E-state index is 8.05. The van der Waals surface area contributed by atoms with Crippen LogP contribution in [-0.2, 0) is 0 Å². The van der Waals surface area contributed by atoms with Gasteiger partial charge in [-0.15, -0.1) is 11.3 Å². The van der Waals surface area contributed by atoms with Crippen molar-refractivity contribution in [3.05, 3.63) is 81.1 Å². The van der Waals surface area contributed by atoms with Crippen LogP contribution in [0.25, 0.3) is 5.57 Å². The smallest absolute Gasteiger partial charge is 0.0543 e. The van der Waals surface area contributed by atoms with E-state index in [-0.39, 0.29) is 0 Å². The molecule has 2 aliphatic carbocycles. The van der Waals surface area contributed by atoms with E-state index in [0.29, 0.717) is 11.6 Å². The summed E-state index contributed by atoms with van der Waals surface area (Å²) < 4.78 is 0. The molecule has 24 heavy (non-hydrogen) atoms. The van der Waals surface area contributed by atoms with Crippen LogP contribution >= 0.6 is 11.3 Å². The molecule has 0 saturated heterocycles. The minimum absolute atomic E-state index is 0.295. The number of hydrogen-bond acceptors (Lipinski definition) is 3. The molecule has 0 bridgehead atoms. The van der Waals surface area contributed by atoms with E-state index in [9.17, 15) is 0 Å². The second kappa shape index (κ2) is 5.60. The molecule has 0 radical (unpaired) electrons. The summed E-state index contributed by atoms with van der Waals surface area (Å²) in [5.74, 6) is 0.295. The van der Waals surface area contributed by atoms with E-state index in [0.717, 1.165) is 0 Å². The van der Waals surface area contributed by atoms with Crippen LogP contribution in [0.1, 0.15) is 28.8 Å². The lowest BCUT2D eigenvalue weighted by atomic mass is 9.73. The summed E-state index contributed by atoms with van der Waals surface area (Å²) >= 11 is 1.78. The van der Waals surface area contributed by atoms with Gasteiger partial charge in [-0.1, -0.05) is 25.1 Å². The predicted molar refractivity (Wildman–Crippen MR) is 104 cm³/mol. The lowest BCUT2D eigenvalue weighted by Crippen LogP contribution is -2.16. The van der Waals surface area contributed by atoms with E-state index in [2.05, 4.69) is 67.7 Å². The molecule has 0 amide bonds. The molecule has 1 atom stereocenters. The van der Waals surface area contributed by atoms with Crippen molar-refractivity contribution in [2.24, 2.45) is 0 Å². The topological polar surface area (TPSA) is 27.1 Å². The van der Waals surface area contributed by atoms with Crippen LogP contribution in [0.4, 0.5) is 5.69 Å². The maximum absolute atomic E-state index is 8.05. The molecule has 0 aliphatic heterocycles. The molecule has 2 aromatic rings. The summed E-state index contributed by atoms with van der Waals surface area (Å²) in [5.41, 5.74) is 8.30. The molecule has 2 nitrogen and oxygen atoms in total. The second-order valence-corrected chi connectivity index (χ2v) is 7.49. The van der Waals surface area contributed by atoms with Gasteiger partial charge < -0.3 is 10.3 Å². The average Bonchev–Trinajstić information content (AvgIpc) is 3.09. The molecule has 1 N–H and O–H groups in total. The van der Waals surface area contributed by atoms with Gasteiger partial charge in [-0.3, -0.25) is 0 Å². The first-order chi connectivity index (χ1) is 11.6. The van der Waals surface area contributed by atoms with Crippen LogP contribution in [0.2, 0.25) is 0 Å². The molecule has 3 heteroatoms. The number of thiophene rings is 1. The highest BCUT2D eigenvalue weighted by Gasteiger charge is 2.30. The fourth-order valence-electron chi connectivity index (χ4n) is 3.56. The summed E-state index contributed by atoms with van der Waals surface area (Å²) in [5, 5.41) is 10.2. The third-order valence-electron chi connectivity index (χ3n) is 4.84. The number of anilines is 1. The van der Waals surface area contributed by atoms with Crippen LogP contribution in [0, 0.1) is 5.41 Å². The normalized spacial score (nSPS) is 19.0. The zero-order valence-electron chi connectivity index (χ0n) is 14.1. The Labute approximate surface area is 147 Å². The summed E-state index contributed by atoms with van der Waals surface area (Å²) in [6.07, 6.45) is 6.04. The van der Waals surface area contributed by atoms with Gasteiger partial charge in [0.2, 0.25) is 0 Å². The van der Waals surface area contributed by atoms with Gasteiger partial charge in [0.05, 0.1) is 5.71 Å². The molecule has 120 valence electrons. The molecule has 4 rings (SSSR count). The fraction of sp³-hybridized carbons (Fsp3) is 0.190. The van der Waals surface area contributed by atoms with Gasteiger partial charge in [0.15, 0.2) is 0 Å². The number of nitrogens with one attached hydrogen (secondary N) is 1. The number of fused-ring (bicyclic) bond motifs is 2. The second-order valence-electron chi connectivity index (χ2n) is 6.54. The first-order valence-electron chi connectivity index (χ1n) is 8.14. The molecule has 1 heterocycles. The van der Waals surface area contributed by atoms with Gasteiger partial charge in [0, 0.05) is 36.2 Å². The first kappa shape index (κ1) is 15.2. The van der Waals surface area contributed by atoms with Crippen molar-refractivity contribution >= 4 is 28.3 Å². The number of rotatable bonds is 2. The van der Waals surface area contributed by atoms with Gasteiger partial charge in [-0.05, 0) is 58.0 Å². The van der Waals surface area contributed by atoms with E-state index in [4.69, 9.17) is 5.41 Å². The number of nitrogens with zero attached hydrogens (tertiary/aromatic N) is 1. The third kappa shape index (κ3) is 2.28. The van der Waals surface area contributed by atoms with E-state index in [1.807, 2.05) is 12.2 Å². The average molecular weight is 332 g/mol. The maximum Gasteiger partial charge on any atom is 0.0543 e. The van der Waals surface area contributed by atoms with Crippen molar-refractivity contribution in [2.45, 2.75) is 12.8 Å². The number of allylic oxidation sites excluding steroid dienone is 5. The predicted octanol–water partition coefficient (Wildman–Crippen LogP) is 5.25. The first-order valence-corrected chi connectivity index (χ1v) is 9.02. The summed E-state index contributed by atoms with van der Waals surface area (Å²) in [7, 11) is 4.16. The van der Waals surface area contributed by atoms with Gasteiger partial charge >= 0.3 is 0 Å². The van der Waals surface area contributed by atoms with Crippen molar-refractivity contribution in [2.75, 3.05) is 19.0 Å². The van der Waals surface area contributed by atoms with Crippen LogP contribution in [0.15, 0.2) is 65.1 Å². The Balaban J connectivity index is 2.03. The van der Waals surface area contributed by atoms with Gasteiger partial charge in [0.1, 0.15) is 0 Å². The van der Waals surface area contributed by atoms with Gasteiger partial charge in [0.25, 0.3) is 0 Å². The highest BCUT2D eigenvalue weighted by molar-refractivity contribution is 7.11. The van der Waals surface area contributed by atoms with Crippen LogP contribution in [0.3, 0.4) is 0 Å². The minimum Gasteiger partial charge on any atom is -0.378 e. The fourth-order valence-corrected chi connectivity index (χ4v) is 4.36. The Morgan fingerprint density at radius 1 is 1.12 bits per heavy atom. The van der Waals surface area contributed by atoms with Gasteiger partial charge in [-0.25, -0.2) is 0 Å². The van der Waals surface area contributed by atoms with E-state index < -0.39 is 0 Å². The lowest BCUT2D eigenvalue weighted by Gasteiger charge is -2.32. The largest absolute Gasteiger partial charge is 0.378 e. The molecule has 1 aromatic heterocycles. The summed E-state index contributed by atoms with van der Waals surface area (Å²) in [6.45, 7) is 2.25. The van der Waals surface area contributed by atoms with Crippen LogP contribution in [0.5, 0.6) is 0 Å². The monoisotopic (exact) mass is 332 g/mol. The molecule has 2 aliphatic rings. The molecular formula is C21H20N2S. The molecule has 0 saturated carbocycles. The van der Waals surface area contributed by atoms with Crippen molar-refractivity contribution in [1.82, 2.24) is 0 Å². The highest BCUT2D eigenvalue weighted by Crippen LogP contribution is 2.47. The van der Waals surface area contributed by atoms with Crippen molar-refractivity contribution in [1.29, 1.82) is 5.41 Å². The summed E-state index contributed by atoms with van der Waals surface area (Å²) in [6, 6.07) is 11.1. The molecule has 0 fully saturated rings. The number of hydrogen-bond donors (Lipinski definition) is 1. The molecule has 0 spiro atoms. The highest BCUT2D eigenvalue weighted by atomic mass is 32.1. The van der Waals surface area contributed by atoms with Crippen LogP contribution < -0.4 is 4.90 Å². The Hall–Kier alpha value is -2.39. The number of benzene rings is 1. The Morgan fingerprint density at radius 3 is 2.67 bits per heavy atom. The van der Waals surface area contributed by atoms with Crippen molar-refractivity contribution < 1.29 is 0 Å². The minimum atomic E-state index is 0.295. The lowest BCUT2D eigenvalue weighted by molar-refractivity contribution is 0.891. The van der Waals surface area contributed by atoms with Gasteiger partial charge in [-0.2, -0.15) is 0 Å². The SMILES string of the molecule is CC1C2=CC(=N)C=CC2=C(c2cccs2)c2ccc(N(C)C)cc21. The molecule has 1 aromatic carbocycles. The zero-order valence-corrected chi connectivity index (χ0v) is 14.9. The quantitative estimate of drug-likeness (QED) is 0.799. The molecular weight excluding hydrogens is 312 g/mol. The van der Waals surface area contributed by atoms with Crippen molar-refractivity contribution in [3.8, 4) is 0 Å². The van der Waals surface area contributed by atoms with E-state index >= 15 is 0 Å². The Bertz CT molecular complexity index is 911. The Morgan fingerprint density at radius 2 is 1.96 bits per heavy atom. The van der Waals surface area contributed by atoms with Crippen LogP contribution in [-0.4, -0.2) is 19.8 Å². The zero-order chi connectivity index (χ0) is 16.8. The van der Waals surface area contributed by atoms with E-state index in [1.54, 1.807) is 11.3 Å². The Kier molecular flexibility index (Phi) is 3.54. The third-order valence-corrected chi connectivity index (χ3v) is 5.73. The van der Waals surface area contributed by atoms with Crippen molar-refractivity contribution in [3.63, 3.8) is 0 Å². The molecule has 1 unspecified atom stereocenters. The summed E-state index contributed by atoms with van der Waals surface area (Å²) in [4.78, 5) is 3.44.